The van der Waals surface area contributed by atoms with Gasteiger partial charge in [-0.1, -0.05) is 37.6 Å². The highest BCUT2D eigenvalue weighted by Gasteiger charge is 2.03. The van der Waals surface area contributed by atoms with Crippen molar-refractivity contribution in [2.24, 2.45) is 0 Å². The fraction of sp³-hybridized carbons (Fsp3) is 0.600. The molecule has 1 rings (SSSR count). The molecule has 0 heterocycles. The molecule has 0 atom stereocenters. The molecule has 2 nitrogen and oxygen atoms in total. The molecule has 0 unspecified atom stereocenters. The molecule has 1 N–H and O–H groups in total. The van der Waals surface area contributed by atoms with Crippen LogP contribution < -0.4 is 5.32 Å². The van der Waals surface area contributed by atoms with Gasteiger partial charge < -0.3 is 10.2 Å². The molecule has 0 saturated heterocycles. The summed E-state index contributed by atoms with van der Waals surface area (Å²) in [6.07, 6.45) is 0. The second-order valence-electron chi connectivity index (χ2n) is 5.28. The van der Waals surface area contributed by atoms with Gasteiger partial charge >= 0.3 is 0 Å². The Kier molecular flexibility index (Phi) is 5.66. The fourth-order valence-electron chi connectivity index (χ4n) is 1.88. The zero-order valence-corrected chi connectivity index (χ0v) is 11.9. The van der Waals surface area contributed by atoms with Crippen molar-refractivity contribution in [3.63, 3.8) is 0 Å². The van der Waals surface area contributed by atoms with Gasteiger partial charge in [0, 0.05) is 25.7 Å². The highest BCUT2D eigenvalue weighted by molar-refractivity contribution is 5.30. The second kappa shape index (κ2) is 6.77. The fourth-order valence-corrected chi connectivity index (χ4v) is 1.88. The van der Waals surface area contributed by atoms with Crippen molar-refractivity contribution in [2.45, 2.75) is 40.3 Å². The molecule has 1 aromatic rings. The molecular weight excluding hydrogens is 208 g/mol. The molecule has 0 bridgehead atoms. The van der Waals surface area contributed by atoms with Crippen molar-refractivity contribution in [1.82, 2.24) is 10.2 Å². The van der Waals surface area contributed by atoms with Crippen LogP contribution in [0.2, 0.25) is 0 Å². The number of likely N-dealkylation sites (N-methyl/N-ethyl adjacent to an activating group) is 1. The Morgan fingerprint density at radius 1 is 1.24 bits per heavy atom. The average Bonchev–Trinajstić information content (AvgIpc) is 2.23. The molecule has 0 spiro atoms. The van der Waals surface area contributed by atoms with Crippen LogP contribution in [0.1, 0.15) is 30.5 Å². The summed E-state index contributed by atoms with van der Waals surface area (Å²) in [5.74, 6) is 0. The Morgan fingerprint density at radius 2 is 1.94 bits per heavy atom. The van der Waals surface area contributed by atoms with E-state index in [1.807, 2.05) is 0 Å². The van der Waals surface area contributed by atoms with E-state index in [1.54, 1.807) is 0 Å². The van der Waals surface area contributed by atoms with Crippen LogP contribution in [0.15, 0.2) is 18.2 Å². The largest absolute Gasteiger partial charge is 0.313 e. The van der Waals surface area contributed by atoms with Gasteiger partial charge in [-0.05, 0) is 32.0 Å². The van der Waals surface area contributed by atoms with Crippen LogP contribution in [0.25, 0.3) is 0 Å². The van der Waals surface area contributed by atoms with E-state index < -0.39 is 0 Å². The van der Waals surface area contributed by atoms with E-state index in [1.165, 1.54) is 16.7 Å². The van der Waals surface area contributed by atoms with Crippen LogP contribution in [0, 0.1) is 13.8 Å². The first kappa shape index (κ1) is 14.2. The molecule has 2 heteroatoms. The lowest BCUT2D eigenvalue weighted by atomic mass is 10.1. The van der Waals surface area contributed by atoms with Gasteiger partial charge in [0.2, 0.25) is 0 Å². The normalized spacial score (nSPS) is 11.5. The van der Waals surface area contributed by atoms with Crippen LogP contribution in [-0.4, -0.2) is 31.1 Å². The summed E-state index contributed by atoms with van der Waals surface area (Å²) in [7, 11) is 2.18. The lowest BCUT2D eigenvalue weighted by Crippen LogP contribution is -2.32. The second-order valence-corrected chi connectivity index (χ2v) is 5.28. The minimum Gasteiger partial charge on any atom is -0.313 e. The summed E-state index contributed by atoms with van der Waals surface area (Å²) in [5, 5.41) is 3.45. The zero-order chi connectivity index (χ0) is 12.8. The molecule has 96 valence electrons. The van der Waals surface area contributed by atoms with Gasteiger partial charge in [-0.15, -0.1) is 0 Å². The van der Waals surface area contributed by atoms with Crippen LogP contribution >= 0.6 is 0 Å². The summed E-state index contributed by atoms with van der Waals surface area (Å²) in [6.45, 7) is 11.9. The Morgan fingerprint density at radius 3 is 2.59 bits per heavy atom. The molecule has 17 heavy (non-hydrogen) atoms. The highest BCUT2D eigenvalue weighted by Crippen LogP contribution is 2.12. The van der Waals surface area contributed by atoms with Gasteiger partial charge in [0.25, 0.3) is 0 Å². The van der Waals surface area contributed by atoms with Crippen molar-refractivity contribution in [3.05, 3.63) is 34.9 Å². The van der Waals surface area contributed by atoms with Crippen molar-refractivity contribution < 1.29 is 0 Å². The van der Waals surface area contributed by atoms with Gasteiger partial charge in [0.15, 0.2) is 0 Å². The smallest absolute Gasteiger partial charge is 0.0233 e. The average molecular weight is 234 g/mol. The van der Waals surface area contributed by atoms with E-state index in [0.717, 1.165) is 19.6 Å². The summed E-state index contributed by atoms with van der Waals surface area (Å²) in [6, 6.07) is 7.26. The molecular formula is C15H26N2. The maximum atomic E-state index is 3.45. The molecule has 0 amide bonds. The Hall–Kier alpha value is -0.860. The number of nitrogens with one attached hydrogen (secondary N) is 1. The van der Waals surface area contributed by atoms with Crippen molar-refractivity contribution in [3.8, 4) is 0 Å². The number of aryl methyl sites for hydroxylation is 2. The van der Waals surface area contributed by atoms with E-state index >= 15 is 0 Å². The molecule has 0 radical (unpaired) electrons. The number of hydrogen-bond donors (Lipinski definition) is 1. The lowest BCUT2D eigenvalue weighted by Gasteiger charge is -2.19. The number of rotatable bonds is 6. The Labute approximate surface area is 106 Å². The molecule has 0 aliphatic heterocycles. The molecule has 0 saturated carbocycles. The minimum atomic E-state index is 0.573. The third-order valence-corrected chi connectivity index (χ3v) is 2.99. The highest BCUT2D eigenvalue weighted by atomic mass is 15.1. The van der Waals surface area contributed by atoms with Crippen LogP contribution in [0.3, 0.4) is 0 Å². The monoisotopic (exact) mass is 234 g/mol. The summed E-state index contributed by atoms with van der Waals surface area (Å²) < 4.78 is 0. The zero-order valence-electron chi connectivity index (χ0n) is 11.9. The summed E-state index contributed by atoms with van der Waals surface area (Å²) in [5.41, 5.74) is 4.18. The van der Waals surface area contributed by atoms with Gasteiger partial charge in [-0.3, -0.25) is 0 Å². The standard InChI is InChI=1S/C15H26N2/c1-12(2)16-8-9-17(5)11-15-10-13(3)6-7-14(15)4/h6-7,10,12,16H,8-9,11H2,1-5H3. The minimum absolute atomic E-state index is 0.573. The predicted octanol–water partition coefficient (Wildman–Crippen LogP) is 2.73. The number of hydrogen-bond acceptors (Lipinski definition) is 2. The maximum absolute atomic E-state index is 3.45. The Bertz CT molecular complexity index is 345. The van der Waals surface area contributed by atoms with E-state index in [2.05, 4.69) is 63.2 Å². The van der Waals surface area contributed by atoms with Crippen molar-refractivity contribution in [1.29, 1.82) is 0 Å². The third-order valence-electron chi connectivity index (χ3n) is 2.99. The van der Waals surface area contributed by atoms with Gasteiger partial charge in [0.05, 0.1) is 0 Å². The molecule has 0 aromatic heterocycles. The van der Waals surface area contributed by atoms with Crippen LogP contribution in [-0.2, 0) is 6.54 Å². The topological polar surface area (TPSA) is 15.3 Å². The number of benzene rings is 1. The lowest BCUT2D eigenvalue weighted by molar-refractivity contribution is 0.319. The first-order valence-corrected chi connectivity index (χ1v) is 6.47. The summed E-state index contributed by atoms with van der Waals surface area (Å²) >= 11 is 0. The quantitative estimate of drug-likeness (QED) is 0.814. The third kappa shape index (κ3) is 5.33. The van der Waals surface area contributed by atoms with Gasteiger partial charge in [0.1, 0.15) is 0 Å². The van der Waals surface area contributed by atoms with Gasteiger partial charge in [-0.2, -0.15) is 0 Å². The predicted molar refractivity (Wildman–Crippen MR) is 75.4 cm³/mol. The molecule has 0 fully saturated rings. The number of nitrogens with zero attached hydrogens (tertiary/aromatic N) is 1. The summed E-state index contributed by atoms with van der Waals surface area (Å²) in [4.78, 5) is 2.37. The van der Waals surface area contributed by atoms with Crippen molar-refractivity contribution >= 4 is 0 Å². The first-order chi connectivity index (χ1) is 7.99. The van der Waals surface area contributed by atoms with Crippen LogP contribution in [0.5, 0.6) is 0 Å². The van der Waals surface area contributed by atoms with Crippen molar-refractivity contribution in [2.75, 3.05) is 20.1 Å². The van der Waals surface area contributed by atoms with E-state index in [9.17, 15) is 0 Å². The SMILES string of the molecule is Cc1ccc(C)c(CN(C)CCNC(C)C)c1. The maximum Gasteiger partial charge on any atom is 0.0233 e. The van der Waals surface area contributed by atoms with E-state index in [-0.39, 0.29) is 0 Å². The molecule has 0 aliphatic rings. The molecule has 0 aliphatic carbocycles. The van der Waals surface area contributed by atoms with E-state index in [4.69, 9.17) is 0 Å². The van der Waals surface area contributed by atoms with Crippen LogP contribution in [0.4, 0.5) is 0 Å². The first-order valence-electron chi connectivity index (χ1n) is 6.47. The Balaban J connectivity index is 2.44. The van der Waals surface area contributed by atoms with Gasteiger partial charge in [-0.25, -0.2) is 0 Å². The molecule has 1 aromatic carbocycles. The van der Waals surface area contributed by atoms with E-state index in [0.29, 0.717) is 6.04 Å².